The van der Waals surface area contributed by atoms with Crippen molar-refractivity contribution in [2.24, 2.45) is 0 Å². The van der Waals surface area contributed by atoms with Gasteiger partial charge in [0.05, 0.1) is 0 Å². The number of nitrogens with zero attached hydrogens (tertiary/aromatic N) is 1. The van der Waals surface area contributed by atoms with Gasteiger partial charge in [0.15, 0.2) is 0 Å². The Morgan fingerprint density at radius 3 is 2.57 bits per heavy atom. The molecule has 0 fully saturated rings. The van der Waals surface area contributed by atoms with E-state index in [-0.39, 0.29) is 12.0 Å². The monoisotopic (exact) mass is 340 g/mol. The van der Waals surface area contributed by atoms with Crippen LogP contribution in [-0.2, 0) is 9.53 Å². The van der Waals surface area contributed by atoms with Gasteiger partial charge in [-0.05, 0) is 51.8 Å². The van der Waals surface area contributed by atoms with Gasteiger partial charge < -0.3 is 15.0 Å². The number of hydrogen-bond acceptors (Lipinski definition) is 3. The number of halogens is 1. The minimum atomic E-state index is -0.521. The predicted molar refractivity (Wildman–Crippen MR) is 92.9 cm³/mol. The van der Waals surface area contributed by atoms with Gasteiger partial charge in [0, 0.05) is 30.7 Å². The Bertz CT molecular complexity index is 567. The van der Waals surface area contributed by atoms with Gasteiger partial charge in [0.2, 0.25) is 5.91 Å². The van der Waals surface area contributed by atoms with Crippen molar-refractivity contribution in [3.05, 3.63) is 28.8 Å². The molecule has 1 rings (SSSR count). The summed E-state index contributed by atoms with van der Waals surface area (Å²) in [7, 11) is 1.66. The third-order valence-electron chi connectivity index (χ3n) is 3.14. The topological polar surface area (TPSA) is 58.6 Å². The maximum atomic E-state index is 12.0. The second-order valence-corrected chi connectivity index (χ2v) is 6.87. The second kappa shape index (κ2) is 8.20. The number of ether oxygens (including phenoxy) is 1. The van der Waals surface area contributed by atoms with Crippen LogP contribution in [0.25, 0.3) is 0 Å². The zero-order valence-corrected chi connectivity index (χ0v) is 15.2. The van der Waals surface area contributed by atoms with Crippen molar-refractivity contribution in [3.63, 3.8) is 0 Å². The van der Waals surface area contributed by atoms with Crippen molar-refractivity contribution < 1.29 is 14.3 Å². The molecule has 0 saturated carbocycles. The molecule has 2 amide bonds. The van der Waals surface area contributed by atoms with Crippen molar-refractivity contribution in [1.82, 2.24) is 4.90 Å². The molecule has 0 aromatic heterocycles. The highest BCUT2D eigenvalue weighted by atomic mass is 35.5. The number of nitrogens with one attached hydrogen (secondary N) is 1. The summed E-state index contributed by atoms with van der Waals surface area (Å²) >= 11 is 6.02. The summed E-state index contributed by atoms with van der Waals surface area (Å²) in [4.78, 5) is 25.2. The van der Waals surface area contributed by atoms with Crippen molar-refractivity contribution >= 4 is 29.3 Å². The Morgan fingerprint density at radius 2 is 1.96 bits per heavy atom. The quantitative estimate of drug-likeness (QED) is 0.872. The van der Waals surface area contributed by atoms with Gasteiger partial charge in [-0.2, -0.15) is 0 Å². The fourth-order valence-electron chi connectivity index (χ4n) is 1.86. The summed E-state index contributed by atoms with van der Waals surface area (Å²) < 4.78 is 5.25. The minimum Gasteiger partial charge on any atom is -0.444 e. The van der Waals surface area contributed by atoms with Crippen LogP contribution >= 0.6 is 11.6 Å². The molecular formula is C17H25ClN2O3. The SMILES string of the molecule is Cc1c(Cl)cccc1NC(=O)CCCN(C)C(=O)OC(C)(C)C. The normalized spacial score (nSPS) is 11.0. The lowest BCUT2D eigenvalue weighted by Gasteiger charge is -2.24. The molecule has 5 nitrogen and oxygen atoms in total. The predicted octanol–water partition coefficient (Wildman–Crippen LogP) is 4.23. The molecule has 0 spiro atoms. The third kappa shape index (κ3) is 6.91. The van der Waals surface area contributed by atoms with E-state index in [1.807, 2.05) is 33.8 Å². The highest BCUT2D eigenvalue weighted by Gasteiger charge is 2.19. The average molecular weight is 341 g/mol. The first-order chi connectivity index (χ1) is 10.6. The van der Waals surface area contributed by atoms with Crippen molar-refractivity contribution in [3.8, 4) is 0 Å². The Morgan fingerprint density at radius 1 is 1.30 bits per heavy atom. The van der Waals surface area contributed by atoms with Gasteiger partial charge >= 0.3 is 6.09 Å². The van der Waals surface area contributed by atoms with Crippen LogP contribution in [0.1, 0.15) is 39.2 Å². The number of rotatable bonds is 5. The molecule has 1 aromatic carbocycles. The molecule has 0 saturated heterocycles. The van der Waals surface area contributed by atoms with Crippen LogP contribution in [0.2, 0.25) is 5.02 Å². The largest absolute Gasteiger partial charge is 0.444 e. The molecule has 0 aliphatic heterocycles. The van der Waals surface area contributed by atoms with Gasteiger partial charge in [-0.3, -0.25) is 4.79 Å². The lowest BCUT2D eigenvalue weighted by molar-refractivity contribution is -0.116. The van der Waals surface area contributed by atoms with Gasteiger partial charge in [0.1, 0.15) is 5.60 Å². The Kier molecular flexibility index (Phi) is 6.88. The molecular weight excluding hydrogens is 316 g/mol. The lowest BCUT2D eigenvalue weighted by atomic mass is 10.2. The van der Waals surface area contributed by atoms with Crippen molar-refractivity contribution in [1.29, 1.82) is 0 Å². The highest BCUT2D eigenvalue weighted by Crippen LogP contribution is 2.23. The van der Waals surface area contributed by atoms with Crippen molar-refractivity contribution in [2.75, 3.05) is 18.9 Å². The van der Waals surface area contributed by atoms with Crippen LogP contribution in [0.4, 0.5) is 10.5 Å². The molecule has 0 atom stereocenters. The zero-order chi connectivity index (χ0) is 17.6. The van der Waals surface area contributed by atoms with Crippen LogP contribution in [0.15, 0.2) is 18.2 Å². The first kappa shape index (κ1) is 19.3. The van der Waals surface area contributed by atoms with E-state index in [4.69, 9.17) is 16.3 Å². The maximum Gasteiger partial charge on any atom is 0.410 e. The van der Waals surface area contributed by atoms with Crippen LogP contribution in [0.5, 0.6) is 0 Å². The van der Waals surface area contributed by atoms with Gasteiger partial charge in [-0.1, -0.05) is 17.7 Å². The summed E-state index contributed by atoms with van der Waals surface area (Å²) in [5.74, 6) is -0.104. The Labute approximate surface area is 142 Å². The zero-order valence-electron chi connectivity index (χ0n) is 14.4. The van der Waals surface area contributed by atoms with E-state index in [0.717, 1.165) is 5.56 Å². The first-order valence-electron chi connectivity index (χ1n) is 7.59. The summed E-state index contributed by atoms with van der Waals surface area (Å²) in [5.41, 5.74) is 1.03. The van der Waals surface area contributed by atoms with Gasteiger partial charge in [-0.15, -0.1) is 0 Å². The summed E-state index contributed by atoms with van der Waals surface area (Å²) in [6.07, 6.45) is 0.490. The number of anilines is 1. The van der Waals surface area contributed by atoms with Gasteiger partial charge in [0.25, 0.3) is 0 Å². The molecule has 0 aliphatic rings. The molecule has 6 heteroatoms. The number of amides is 2. The first-order valence-corrected chi connectivity index (χ1v) is 7.97. The highest BCUT2D eigenvalue weighted by molar-refractivity contribution is 6.31. The second-order valence-electron chi connectivity index (χ2n) is 6.47. The van der Waals surface area contributed by atoms with Gasteiger partial charge in [-0.25, -0.2) is 4.79 Å². The van der Waals surface area contributed by atoms with E-state index in [1.54, 1.807) is 19.2 Å². The van der Waals surface area contributed by atoms with E-state index < -0.39 is 5.60 Å². The summed E-state index contributed by atoms with van der Waals surface area (Å²) in [6, 6.07) is 5.38. The smallest absolute Gasteiger partial charge is 0.410 e. The van der Waals surface area contributed by atoms with E-state index in [9.17, 15) is 9.59 Å². The number of carbonyl (C=O) groups is 2. The summed E-state index contributed by atoms with van der Waals surface area (Å²) in [6.45, 7) is 7.77. The Balaban J connectivity index is 2.39. The minimum absolute atomic E-state index is 0.104. The molecule has 128 valence electrons. The van der Waals surface area contributed by atoms with E-state index >= 15 is 0 Å². The van der Waals surface area contributed by atoms with E-state index in [0.29, 0.717) is 30.1 Å². The Hall–Kier alpha value is -1.75. The molecule has 1 N–H and O–H groups in total. The molecule has 0 heterocycles. The van der Waals surface area contributed by atoms with Crippen LogP contribution in [0.3, 0.4) is 0 Å². The number of carbonyl (C=O) groups excluding carboxylic acids is 2. The molecule has 0 bridgehead atoms. The van der Waals surface area contributed by atoms with Crippen LogP contribution in [-0.4, -0.2) is 36.1 Å². The molecule has 1 aromatic rings. The summed E-state index contributed by atoms with van der Waals surface area (Å²) in [5, 5.41) is 3.45. The number of benzene rings is 1. The lowest BCUT2D eigenvalue weighted by Crippen LogP contribution is -2.35. The number of hydrogen-bond donors (Lipinski definition) is 1. The molecule has 0 unspecified atom stereocenters. The van der Waals surface area contributed by atoms with Crippen molar-refractivity contribution in [2.45, 2.75) is 46.1 Å². The van der Waals surface area contributed by atoms with Crippen LogP contribution < -0.4 is 5.32 Å². The van der Waals surface area contributed by atoms with Crippen LogP contribution in [0, 0.1) is 6.92 Å². The fourth-order valence-corrected chi connectivity index (χ4v) is 2.04. The standard InChI is InChI=1S/C17H25ClN2O3/c1-12-13(18)8-6-9-14(12)19-15(21)10-7-11-20(5)16(22)23-17(2,3)4/h6,8-9H,7,10-11H2,1-5H3,(H,19,21). The molecule has 0 radical (unpaired) electrons. The average Bonchev–Trinajstić information content (AvgIpc) is 2.42. The molecule has 0 aliphatic carbocycles. The maximum absolute atomic E-state index is 12.0. The van der Waals surface area contributed by atoms with E-state index in [2.05, 4.69) is 5.32 Å². The third-order valence-corrected chi connectivity index (χ3v) is 3.55. The van der Waals surface area contributed by atoms with E-state index in [1.165, 1.54) is 4.90 Å². The fraction of sp³-hybridized carbons (Fsp3) is 0.529. The molecule has 23 heavy (non-hydrogen) atoms.